The van der Waals surface area contributed by atoms with Gasteiger partial charge in [0.15, 0.2) is 0 Å². The molecule has 22 heavy (non-hydrogen) atoms. The number of hydrogen-bond acceptors (Lipinski definition) is 8. The van der Waals surface area contributed by atoms with E-state index in [-0.39, 0.29) is 11.9 Å². The zero-order chi connectivity index (χ0) is 15.5. The van der Waals surface area contributed by atoms with Gasteiger partial charge in [-0.1, -0.05) is 5.16 Å². The summed E-state index contributed by atoms with van der Waals surface area (Å²) in [7, 11) is 0. The molecule has 3 rings (SSSR count). The van der Waals surface area contributed by atoms with Gasteiger partial charge in [0.2, 0.25) is 11.8 Å². The number of anilines is 1. The molecule has 0 spiro atoms. The van der Waals surface area contributed by atoms with Crippen LogP contribution in [0.5, 0.6) is 5.88 Å². The van der Waals surface area contributed by atoms with Gasteiger partial charge in [-0.3, -0.25) is 4.79 Å². The summed E-state index contributed by atoms with van der Waals surface area (Å²) < 4.78 is 10.6. The maximum absolute atomic E-state index is 11.1. The maximum Gasteiger partial charge on any atom is 0.290 e. The lowest BCUT2D eigenvalue weighted by Crippen LogP contribution is -2.24. The fraction of sp³-hybridized carbons (Fsp3) is 0.462. The van der Waals surface area contributed by atoms with E-state index in [4.69, 9.17) is 15.0 Å². The highest BCUT2D eigenvalue weighted by Gasteiger charge is 2.32. The van der Waals surface area contributed by atoms with Crippen LogP contribution in [0.15, 0.2) is 16.9 Å². The molecule has 1 aliphatic heterocycles. The van der Waals surface area contributed by atoms with Crippen molar-refractivity contribution < 1.29 is 14.1 Å². The molecule has 2 N–H and O–H groups in total. The predicted octanol–water partition coefficient (Wildman–Crippen LogP) is 0.699. The number of primary amides is 1. The van der Waals surface area contributed by atoms with Gasteiger partial charge >= 0.3 is 0 Å². The van der Waals surface area contributed by atoms with Crippen LogP contribution in [0.4, 0.5) is 5.82 Å². The van der Waals surface area contributed by atoms with E-state index in [0.29, 0.717) is 18.4 Å². The fourth-order valence-electron chi connectivity index (χ4n) is 2.48. The van der Waals surface area contributed by atoms with E-state index in [1.807, 2.05) is 11.8 Å². The number of carbonyl (C=O) groups is 1. The lowest BCUT2D eigenvalue weighted by Gasteiger charge is -2.22. The summed E-state index contributed by atoms with van der Waals surface area (Å²) in [5.41, 5.74) is 5.15. The van der Waals surface area contributed by atoms with Gasteiger partial charge < -0.3 is 19.9 Å². The third-order valence-electron chi connectivity index (χ3n) is 3.41. The average Bonchev–Trinajstić information content (AvgIpc) is 3.17. The lowest BCUT2D eigenvalue weighted by atomic mass is 10.2. The number of ether oxygens (including phenoxy) is 1. The quantitative estimate of drug-likeness (QED) is 0.856. The molecule has 1 amide bonds. The lowest BCUT2D eigenvalue weighted by molar-refractivity contribution is 0.0987. The van der Waals surface area contributed by atoms with Crippen molar-refractivity contribution in [1.82, 2.24) is 20.1 Å². The predicted molar refractivity (Wildman–Crippen MR) is 75.3 cm³/mol. The Bertz CT molecular complexity index is 673. The topological polar surface area (TPSA) is 120 Å². The summed E-state index contributed by atoms with van der Waals surface area (Å²) in [6.07, 6.45) is 3.24. The summed E-state index contributed by atoms with van der Waals surface area (Å²) in [6.45, 7) is 3.22. The minimum atomic E-state index is -0.708. The number of carbonyl (C=O) groups excluding carboxylic acids is 1. The Labute approximate surface area is 126 Å². The van der Waals surface area contributed by atoms with Crippen LogP contribution in [0.3, 0.4) is 0 Å². The summed E-state index contributed by atoms with van der Waals surface area (Å²) >= 11 is 0. The molecule has 9 heteroatoms. The highest BCUT2D eigenvalue weighted by atomic mass is 16.5. The summed E-state index contributed by atoms with van der Waals surface area (Å²) in [6, 6.07) is 1.64. The zero-order valence-corrected chi connectivity index (χ0v) is 12.1. The highest BCUT2D eigenvalue weighted by molar-refractivity contribution is 5.88. The van der Waals surface area contributed by atoms with Gasteiger partial charge in [-0.05, 0) is 19.8 Å². The summed E-state index contributed by atoms with van der Waals surface area (Å²) in [5.74, 6) is 0.781. The third-order valence-corrected chi connectivity index (χ3v) is 3.41. The molecule has 1 atom stereocenters. The molecule has 9 nitrogen and oxygen atoms in total. The molecular formula is C13H16N6O3. The molecule has 1 aliphatic rings. The molecule has 0 bridgehead atoms. The van der Waals surface area contributed by atoms with E-state index in [2.05, 4.69) is 20.1 Å². The molecule has 0 unspecified atom stereocenters. The van der Waals surface area contributed by atoms with Gasteiger partial charge in [0.25, 0.3) is 11.7 Å². The Hall–Kier alpha value is -2.71. The largest absolute Gasteiger partial charge is 0.478 e. The molecule has 0 aliphatic carbocycles. The van der Waals surface area contributed by atoms with Crippen molar-refractivity contribution in [1.29, 1.82) is 0 Å². The van der Waals surface area contributed by atoms with Crippen LogP contribution in [0.2, 0.25) is 0 Å². The van der Waals surface area contributed by atoms with Crippen molar-refractivity contribution in [2.75, 3.05) is 18.1 Å². The molecule has 1 saturated heterocycles. The Morgan fingerprint density at radius 1 is 1.55 bits per heavy atom. The van der Waals surface area contributed by atoms with Crippen molar-refractivity contribution in [2.24, 2.45) is 5.73 Å². The van der Waals surface area contributed by atoms with Gasteiger partial charge in [0.1, 0.15) is 18.2 Å². The van der Waals surface area contributed by atoms with Gasteiger partial charge in [-0.2, -0.15) is 4.98 Å². The van der Waals surface area contributed by atoms with Crippen LogP contribution in [-0.2, 0) is 0 Å². The van der Waals surface area contributed by atoms with E-state index in [1.165, 1.54) is 6.33 Å². The second kappa shape index (κ2) is 5.96. The van der Waals surface area contributed by atoms with Crippen molar-refractivity contribution in [2.45, 2.75) is 25.8 Å². The smallest absolute Gasteiger partial charge is 0.290 e. The number of nitrogens with two attached hydrogens (primary N) is 1. The second-order valence-corrected chi connectivity index (χ2v) is 4.82. The zero-order valence-electron chi connectivity index (χ0n) is 12.1. The molecule has 2 aromatic heterocycles. The van der Waals surface area contributed by atoms with E-state index < -0.39 is 5.91 Å². The molecule has 0 radical (unpaired) electrons. The first-order valence-corrected chi connectivity index (χ1v) is 7.04. The van der Waals surface area contributed by atoms with Crippen LogP contribution >= 0.6 is 0 Å². The first kappa shape index (κ1) is 14.2. The van der Waals surface area contributed by atoms with Crippen molar-refractivity contribution in [3.05, 3.63) is 24.1 Å². The summed E-state index contributed by atoms with van der Waals surface area (Å²) in [5, 5.41) is 3.59. The normalized spacial score (nSPS) is 17.7. The average molecular weight is 304 g/mol. The third kappa shape index (κ3) is 2.69. The van der Waals surface area contributed by atoms with Crippen LogP contribution < -0.4 is 15.4 Å². The number of aromatic nitrogens is 4. The minimum absolute atomic E-state index is 0.112. The highest BCUT2D eigenvalue weighted by Crippen LogP contribution is 2.34. The molecule has 0 saturated carbocycles. The minimum Gasteiger partial charge on any atom is -0.478 e. The fourth-order valence-corrected chi connectivity index (χ4v) is 2.48. The van der Waals surface area contributed by atoms with E-state index in [1.54, 1.807) is 6.07 Å². The number of rotatable bonds is 5. The molecule has 3 heterocycles. The van der Waals surface area contributed by atoms with Gasteiger partial charge in [-0.15, -0.1) is 0 Å². The monoisotopic (exact) mass is 304 g/mol. The van der Waals surface area contributed by atoms with Gasteiger partial charge in [0, 0.05) is 12.6 Å². The van der Waals surface area contributed by atoms with Crippen molar-refractivity contribution >= 4 is 11.7 Å². The van der Waals surface area contributed by atoms with Gasteiger partial charge in [-0.25, -0.2) is 9.97 Å². The van der Waals surface area contributed by atoms with E-state index in [0.717, 1.165) is 25.2 Å². The Balaban J connectivity index is 1.86. The SMILES string of the molecule is CCOc1cc(N2CCC[C@H]2c2nc(C(N)=O)no2)ncn1. The van der Waals surface area contributed by atoms with Crippen molar-refractivity contribution in [3.63, 3.8) is 0 Å². The molecule has 2 aromatic rings. The van der Waals surface area contributed by atoms with Crippen LogP contribution in [-0.4, -0.2) is 39.2 Å². The van der Waals surface area contributed by atoms with Gasteiger partial charge in [0.05, 0.1) is 6.61 Å². The Kier molecular flexibility index (Phi) is 3.86. The van der Waals surface area contributed by atoms with Crippen LogP contribution in [0.25, 0.3) is 0 Å². The second-order valence-electron chi connectivity index (χ2n) is 4.82. The van der Waals surface area contributed by atoms with E-state index in [9.17, 15) is 4.79 Å². The Morgan fingerprint density at radius 3 is 3.14 bits per heavy atom. The van der Waals surface area contributed by atoms with Crippen molar-refractivity contribution in [3.8, 4) is 5.88 Å². The summed E-state index contributed by atoms with van der Waals surface area (Å²) in [4.78, 5) is 25.5. The van der Waals surface area contributed by atoms with E-state index >= 15 is 0 Å². The number of hydrogen-bond donors (Lipinski definition) is 1. The standard InChI is InChI=1S/C13H16N6O3/c1-2-21-10-6-9(15-7-16-10)19-5-3-4-8(19)13-17-12(11(14)20)18-22-13/h6-8H,2-5H2,1H3,(H2,14,20)/t8-/m0/s1. The molecule has 1 fully saturated rings. The number of amides is 1. The Morgan fingerprint density at radius 2 is 2.41 bits per heavy atom. The molecular weight excluding hydrogens is 288 g/mol. The maximum atomic E-state index is 11.1. The van der Waals surface area contributed by atoms with Crippen LogP contribution in [0, 0.1) is 0 Å². The van der Waals surface area contributed by atoms with Crippen LogP contribution in [0.1, 0.15) is 42.3 Å². The number of nitrogens with zero attached hydrogens (tertiary/aromatic N) is 5. The molecule has 0 aromatic carbocycles. The molecule has 116 valence electrons. The first-order valence-electron chi connectivity index (χ1n) is 7.04. The first-order chi connectivity index (χ1) is 10.7.